The number of carbonyl (C=O) groups excluding carboxylic acids is 1. The van der Waals surface area contributed by atoms with Gasteiger partial charge in [0.2, 0.25) is 5.91 Å². The molecular formula is C19H21F2NOS. The number of thioether (sulfide) groups is 1. The third-order valence-electron chi connectivity index (χ3n) is 3.65. The van der Waals surface area contributed by atoms with E-state index in [1.165, 1.54) is 23.4 Å². The van der Waals surface area contributed by atoms with E-state index >= 15 is 0 Å². The number of rotatable bonds is 6. The van der Waals surface area contributed by atoms with Gasteiger partial charge in [-0.3, -0.25) is 4.79 Å². The van der Waals surface area contributed by atoms with Crippen molar-refractivity contribution in [3.63, 3.8) is 0 Å². The summed E-state index contributed by atoms with van der Waals surface area (Å²) in [7, 11) is 0. The van der Waals surface area contributed by atoms with Gasteiger partial charge in [0.05, 0.1) is 0 Å². The second-order valence-corrected chi connectivity index (χ2v) is 7.02. The van der Waals surface area contributed by atoms with Crippen molar-refractivity contribution in [2.45, 2.75) is 38.5 Å². The van der Waals surface area contributed by atoms with Gasteiger partial charge in [-0.05, 0) is 62.3 Å². The van der Waals surface area contributed by atoms with Crippen LogP contribution in [0.15, 0.2) is 35.2 Å². The minimum absolute atomic E-state index is 0.0315. The van der Waals surface area contributed by atoms with Gasteiger partial charge in [0.1, 0.15) is 0 Å². The maximum atomic E-state index is 13.1. The molecule has 2 aromatic rings. The molecule has 2 aromatic carbocycles. The number of amides is 1. The Bertz CT molecular complexity index is 723. The van der Waals surface area contributed by atoms with E-state index in [9.17, 15) is 13.6 Å². The average molecular weight is 349 g/mol. The van der Waals surface area contributed by atoms with E-state index in [2.05, 4.69) is 5.32 Å². The fraction of sp³-hybridized carbons (Fsp3) is 0.316. The first-order valence-electron chi connectivity index (χ1n) is 7.82. The highest BCUT2D eigenvalue weighted by atomic mass is 32.2. The Morgan fingerprint density at radius 2 is 1.71 bits per heavy atom. The monoisotopic (exact) mass is 349 g/mol. The lowest BCUT2D eigenvalue weighted by atomic mass is 10.0. The van der Waals surface area contributed by atoms with Gasteiger partial charge in [-0.25, -0.2) is 8.78 Å². The summed E-state index contributed by atoms with van der Waals surface area (Å²) in [6.07, 6.45) is 1.06. The number of halogens is 2. The minimum atomic E-state index is -0.845. The lowest BCUT2D eigenvalue weighted by Crippen LogP contribution is -2.13. The zero-order chi connectivity index (χ0) is 17.7. The number of nitrogens with one attached hydrogen (secondary N) is 1. The second kappa shape index (κ2) is 8.29. The molecule has 0 unspecified atom stereocenters. The van der Waals surface area contributed by atoms with E-state index < -0.39 is 11.6 Å². The van der Waals surface area contributed by atoms with Crippen LogP contribution < -0.4 is 5.32 Å². The van der Waals surface area contributed by atoms with Gasteiger partial charge in [-0.15, -0.1) is 11.8 Å². The summed E-state index contributed by atoms with van der Waals surface area (Å²) in [5, 5.41) is 2.96. The van der Waals surface area contributed by atoms with Crippen LogP contribution in [0.1, 0.15) is 29.5 Å². The van der Waals surface area contributed by atoms with Crippen LogP contribution >= 0.6 is 11.8 Å². The molecule has 0 aromatic heterocycles. The maximum absolute atomic E-state index is 13.1. The van der Waals surface area contributed by atoms with Crippen LogP contribution in [0.2, 0.25) is 0 Å². The molecule has 24 heavy (non-hydrogen) atoms. The Hall–Kier alpha value is -1.88. The highest BCUT2D eigenvalue weighted by molar-refractivity contribution is 7.99. The van der Waals surface area contributed by atoms with E-state index in [-0.39, 0.29) is 5.91 Å². The van der Waals surface area contributed by atoms with Crippen LogP contribution in [-0.4, -0.2) is 11.7 Å². The predicted octanol–water partition coefficient (Wildman–Crippen LogP) is 5.40. The van der Waals surface area contributed by atoms with E-state index in [0.717, 1.165) is 22.9 Å². The smallest absolute Gasteiger partial charge is 0.224 e. The van der Waals surface area contributed by atoms with Crippen molar-refractivity contribution < 1.29 is 13.6 Å². The first-order chi connectivity index (χ1) is 11.4. The molecule has 0 saturated carbocycles. The lowest BCUT2D eigenvalue weighted by Gasteiger charge is -2.12. The van der Waals surface area contributed by atoms with Crippen molar-refractivity contribution in [2.75, 3.05) is 11.1 Å². The SMILES string of the molecule is Cc1cc(C)c(NC(=O)CCCSc2ccc(F)c(F)c2)c(C)c1. The summed E-state index contributed by atoms with van der Waals surface area (Å²) in [5.74, 6) is -1.05. The first kappa shape index (κ1) is 18.5. The van der Waals surface area contributed by atoms with Crippen LogP contribution in [0, 0.1) is 32.4 Å². The maximum Gasteiger partial charge on any atom is 0.224 e. The van der Waals surface area contributed by atoms with Crippen molar-refractivity contribution in [1.29, 1.82) is 0 Å². The van der Waals surface area contributed by atoms with Gasteiger partial charge < -0.3 is 5.32 Å². The molecule has 128 valence electrons. The Balaban J connectivity index is 1.80. The number of hydrogen-bond acceptors (Lipinski definition) is 2. The molecule has 2 rings (SSSR count). The van der Waals surface area contributed by atoms with Gasteiger partial charge >= 0.3 is 0 Å². The summed E-state index contributed by atoms with van der Waals surface area (Å²) < 4.78 is 26.0. The normalized spacial score (nSPS) is 10.7. The number of aryl methyl sites for hydroxylation is 3. The molecule has 0 radical (unpaired) electrons. The fourth-order valence-corrected chi connectivity index (χ4v) is 3.44. The minimum Gasteiger partial charge on any atom is -0.326 e. The molecule has 0 spiro atoms. The fourth-order valence-electron chi connectivity index (χ4n) is 2.57. The lowest BCUT2D eigenvalue weighted by molar-refractivity contribution is -0.116. The van der Waals surface area contributed by atoms with Crippen molar-refractivity contribution in [3.8, 4) is 0 Å². The third kappa shape index (κ3) is 5.06. The molecule has 0 aliphatic carbocycles. The van der Waals surface area contributed by atoms with E-state index in [1.807, 2.05) is 32.9 Å². The van der Waals surface area contributed by atoms with Crippen LogP contribution in [0.3, 0.4) is 0 Å². The van der Waals surface area contributed by atoms with Gasteiger partial charge in [0.25, 0.3) is 0 Å². The number of hydrogen-bond donors (Lipinski definition) is 1. The second-order valence-electron chi connectivity index (χ2n) is 5.85. The molecule has 5 heteroatoms. The number of anilines is 1. The predicted molar refractivity (Wildman–Crippen MR) is 95.6 cm³/mol. The zero-order valence-electron chi connectivity index (χ0n) is 14.1. The Kier molecular flexibility index (Phi) is 6.37. The molecular weight excluding hydrogens is 328 g/mol. The van der Waals surface area contributed by atoms with Crippen molar-refractivity contribution >= 4 is 23.4 Å². The average Bonchev–Trinajstić information content (AvgIpc) is 2.51. The van der Waals surface area contributed by atoms with E-state index in [1.54, 1.807) is 6.07 Å². The zero-order valence-corrected chi connectivity index (χ0v) is 14.9. The highest BCUT2D eigenvalue weighted by Crippen LogP contribution is 2.23. The summed E-state index contributed by atoms with van der Waals surface area (Å²) in [4.78, 5) is 12.7. The Morgan fingerprint density at radius 1 is 1.04 bits per heavy atom. The molecule has 0 aliphatic rings. The summed E-state index contributed by atoms with van der Waals surface area (Å²) >= 11 is 1.41. The summed E-state index contributed by atoms with van der Waals surface area (Å²) in [5.41, 5.74) is 4.15. The van der Waals surface area contributed by atoms with E-state index in [4.69, 9.17) is 0 Å². The topological polar surface area (TPSA) is 29.1 Å². The van der Waals surface area contributed by atoms with Gasteiger partial charge in [0, 0.05) is 17.0 Å². The molecule has 0 atom stereocenters. The molecule has 0 fully saturated rings. The largest absolute Gasteiger partial charge is 0.326 e. The molecule has 0 bridgehead atoms. The molecule has 1 N–H and O–H groups in total. The molecule has 0 aliphatic heterocycles. The highest BCUT2D eigenvalue weighted by Gasteiger charge is 2.09. The molecule has 0 heterocycles. The first-order valence-corrected chi connectivity index (χ1v) is 8.81. The Morgan fingerprint density at radius 3 is 2.33 bits per heavy atom. The van der Waals surface area contributed by atoms with Crippen LogP contribution in [0.4, 0.5) is 14.5 Å². The van der Waals surface area contributed by atoms with Crippen molar-refractivity contribution in [1.82, 2.24) is 0 Å². The molecule has 0 saturated heterocycles. The van der Waals surface area contributed by atoms with Gasteiger partial charge in [-0.1, -0.05) is 17.7 Å². The van der Waals surface area contributed by atoms with Crippen LogP contribution in [0.5, 0.6) is 0 Å². The molecule has 2 nitrogen and oxygen atoms in total. The molecule has 1 amide bonds. The van der Waals surface area contributed by atoms with Crippen molar-refractivity contribution in [2.24, 2.45) is 0 Å². The number of carbonyl (C=O) groups is 1. The van der Waals surface area contributed by atoms with Gasteiger partial charge in [0.15, 0.2) is 11.6 Å². The summed E-state index contributed by atoms with van der Waals surface area (Å²) in [6, 6.07) is 7.93. The third-order valence-corrected chi connectivity index (χ3v) is 4.73. The Labute approximate surface area is 145 Å². The van der Waals surface area contributed by atoms with Crippen molar-refractivity contribution in [3.05, 3.63) is 58.7 Å². The van der Waals surface area contributed by atoms with Crippen LogP contribution in [-0.2, 0) is 4.79 Å². The standard InChI is InChI=1S/C19H21F2NOS/c1-12-9-13(2)19(14(3)10-12)22-18(23)5-4-8-24-15-6-7-16(20)17(21)11-15/h6-7,9-11H,4-5,8H2,1-3H3,(H,22,23). The summed E-state index contributed by atoms with van der Waals surface area (Å²) in [6.45, 7) is 5.99. The van der Waals surface area contributed by atoms with E-state index in [0.29, 0.717) is 23.5 Å². The van der Waals surface area contributed by atoms with Crippen LogP contribution in [0.25, 0.3) is 0 Å². The quantitative estimate of drug-likeness (QED) is 0.559. The number of benzene rings is 2. The van der Waals surface area contributed by atoms with Gasteiger partial charge in [-0.2, -0.15) is 0 Å².